The average molecular weight is 382 g/mol. The zero-order valence-corrected chi connectivity index (χ0v) is 15.1. The predicted octanol–water partition coefficient (Wildman–Crippen LogP) is 2.30. The van der Waals surface area contributed by atoms with Crippen molar-refractivity contribution < 1.29 is 0 Å². The van der Waals surface area contributed by atoms with Crippen molar-refractivity contribution >= 4 is 29.9 Å². The fraction of sp³-hybridized carbons (Fsp3) is 0.929. The lowest BCUT2D eigenvalue weighted by molar-refractivity contribution is 0.188. The predicted molar refractivity (Wildman–Crippen MR) is 94.5 cm³/mol. The minimum Gasteiger partial charge on any atom is -0.357 e. The molecular formula is C14H31IN4. The van der Waals surface area contributed by atoms with Crippen LogP contribution < -0.4 is 10.6 Å². The second-order valence-electron chi connectivity index (χ2n) is 5.03. The summed E-state index contributed by atoms with van der Waals surface area (Å²) in [5.41, 5.74) is 0. The van der Waals surface area contributed by atoms with Gasteiger partial charge in [0.05, 0.1) is 0 Å². The van der Waals surface area contributed by atoms with Crippen LogP contribution in [0.5, 0.6) is 0 Å². The summed E-state index contributed by atoms with van der Waals surface area (Å²) in [6, 6.07) is 0. The molecule has 1 saturated heterocycles. The molecule has 1 fully saturated rings. The topological polar surface area (TPSA) is 39.7 Å². The molecule has 0 bridgehead atoms. The number of rotatable bonds is 6. The third-order valence-corrected chi connectivity index (χ3v) is 3.44. The smallest absolute Gasteiger partial charge is 0.191 e. The Morgan fingerprint density at radius 1 is 1.11 bits per heavy atom. The van der Waals surface area contributed by atoms with Crippen molar-refractivity contribution in [1.82, 2.24) is 15.5 Å². The van der Waals surface area contributed by atoms with Crippen molar-refractivity contribution in [3.05, 3.63) is 0 Å². The van der Waals surface area contributed by atoms with Gasteiger partial charge in [-0.2, -0.15) is 0 Å². The van der Waals surface area contributed by atoms with Gasteiger partial charge in [-0.05, 0) is 58.7 Å². The van der Waals surface area contributed by atoms with Gasteiger partial charge in [-0.25, -0.2) is 0 Å². The van der Waals surface area contributed by atoms with Crippen LogP contribution in [0.25, 0.3) is 0 Å². The maximum Gasteiger partial charge on any atom is 0.191 e. The number of guanidine groups is 1. The molecule has 0 radical (unpaired) electrons. The Labute approximate surface area is 135 Å². The lowest BCUT2D eigenvalue weighted by atomic mass is 9.97. The Balaban J connectivity index is 0.00000324. The Morgan fingerprint density at radius 3 is 2.16 bits per heavy atom. The van der Waals surface area contributed by atoms with Gasteiger partial charge >= 0.3 is 0 Å². The maximum atomic E-state index is 4.67. The molecule has 0 saturated carbocycles. The van der Waals surface area contributed by atoms with E-state index in [1.54, 1.807) is 0 Å². The molecule has 0 amide bonds. The van der Waals surface area contributed by atoms with Crippen molar-refractivity contribution in [2.45, 2.75) is 40.0 Å². The number of hydrogen-bond donors (Lipinski definition) is 2. The Hall–Kier alpha value is -0.0400. The normalized spacial score (nSPS) is 16.6. The lowest BCUT2D eigenvalue weighted by Gasteiger charge is -2.31. The third-order valence-electron chi connectivity index (χ3n) is 3.44. The molecule has 0 aromatic heterocycles. The zero-order chi connectivity index (χ0) is 13.2. The number of aliphatic imine (C=N–C) groups is 1. The summed E-state index contributed by atoms with van der Waals surface area (Å²) in [5.74, 6) is 1.74. The highest BCUT2D eigenvalue weighted by atomic mass is 127. The minimum atomic E-state index is 0. The standard InChI is InChI=1S/C14H30N4.HI/c1-4-9-18-10-7-13(8-11-18)12-17-14(15-5-2)16-6-3;/h13H,4-12H2,1-3H3,(H2,15,16,17);1H. The van der Waals surface area contributed by atoms with E-state index in [1.807, 2.05) is 0 Å². The highest BCUT2D eigenvalue weighted by molar-refractivity contribution is 14.0. The molecule has 0 aromatic carbocycles. The fourth-order valence-corrected chi connectivity index (χ4v) is 2.44. The number of halogens is 1. The molecule has 0 atom stereocenters. The molecule has 1 rings (SSSR count). The van der Waals surface area contributed by atoms with Crippen molar-refractivity contribution in [3.8, 4) is 0 Å². The number of hydrogen-bond acceptors (Lipinski definition) is 2. The summed E-state index contributed by atoms with van der Waals surface area (Å²) in [4.78, 5) is 7.25. The van der Waals surface area contributed by atoms with Crippen molar-refractivity contribution in [2.24, 2.45) is 10.9 Å². The van der Waals surface area contributed by atoms with Crippen LogP contribution in [0.15, 0.2) is 4.99 Å². The number of nitrogens with zero attached hydrogens (tertiary/aromatic N) is 2. The highest BCUT2D eigenvalue weighted by Gasteiger charge is 2.18. The zero-order valence-electron chi connectivity index (χ0n) is 12.7. The molecule has 1 aliphatic heterocycles. The molecule has 5 heteroatoms. The van der Waals surface area contributed by atoms with Gasteiger partial charge < -0.3 is 15.5 Å². The van der Waals surface area contributed by atoms with Crippen LogP contribution in [0.1, 0.15) is 40.0 Å². The molecule has 0 spiro atoms. The second kappa shape index (κ2) is 11.8. The van der Waals surface area contributed by atoms with Crippen molar-refractivity contribution in [2.75, 3.05) is 39.3 Å². The van der Waals surface area contributed by atoms with Gasteiger partial charge in [0, 0.05) is 19.6 Å². The number of nitrogens with one attached hydrogen (secondary N) is 2. The summed E-state index contributed by atoms with van der Waals surface area (Å²) in [5, 5.41) is 6.56. The second-order valence-corrected chi connectivity index (χ2v) is 5.03. The largest absolute Gasteiger partial charge is 0.357 e. The summed E-state index contributed by atoms with van der Waals surface area (Å²) in [7, 11) is 0. The maximum absolute atomic E-state index is 4.67. The van der Waals surface area contributed by atoms with E-state index in [1.165, 1.54) is 38.9 Å². The Morgan fingerprint density at radius 2 is 1.68 bits per heavy atom. The quantitative estimate of drug-likeness (QED) is 0.421. The SMILES string of the molecule is CCCN1CCC(CN=C(NCC)NCC)CC1.I. The van der Waals surface area contributed by atoms with Gasteiger partial charge in [-0.1, -0.05) is 6.92 Å². The molecular weight excluding hydrogens is 351 g/mol. The van der Waals surface area contributed by atoms with Gasteiger partial charge in [-0.3, -0.25) is 4.99 Å². The summed E-state index contributed by atoms with van der Waals surface area (Å²) < 4.78 is 0. The van der Waals surface area contributed by atoms with Gasteiger partial charge in [-0.15, -0.1) is 24.0 Å². The van der Waals surface area contributed by atoms with Gasteiger partial charge in [0.1, 0.15) is 0 Å². The van der Waals surface area contributed by atoms with E-state index in [4.69, 9.17) is 0 Å². The minimum absolute atomic E-state index is 0. The van der Waals surface area contributed by atoms with Crippen LogP contribution >= 0.6 is 24.0 Å². The van der Waals surface area contributed by atoms with Crippen molar-refractivity contribution in [1.29, 1.82) is 0 Å². The molecule has 0 aliphatic carbocycles. The first-order valence-corrected chi connectivity index (χ1v) is 7.54. The molecule has 2 N–H and O–H groups in total. The van der Waals surface area contributed by atoms with E-state index in [-0.39, 0.29) is 24.0 Å². The van der Waals surface area contributed by atoms with Crippen LogP contribution in [0.3, 0.4) is 0 Å². The fourth-order valence-electron chi connectivity index (χ4n) is 2.44. The average Bonchev–Trinajstić information content (AvgIpc) is 2.38. The van der Waals surface area contributed by atoms with Gasteiger partial charge in [0.2, 0.25) is 0 Å². The summed E-state index contributed by atoms with van der Waals surface area (Å²) >= 11 is 0. The molecule has 1 heterocycles. The van der Waals surface area contributed by atoms with E-state index < -0.39 is 0 Å². The summed E-state index contributed by atoms with van der Waals surface area (Å²) in [6.07, 6.45) is 3.87. The van der Waals surface area contributed by atoms with Gasteiger partial charge in [0.25, 0.3) is 0 Å². The lowest BCUT2D eigenvalue weighted by Crippen LogP contribution is -2.38. The molecule has 4 nitrogen and oxygen atoms in total. The monoisotopic (exact) mass is 382 g/mol. The number of likely N-dealkylation sites (tertiary alicyclic amines) is 1. The van der Waals surface area contributed by atoms with Crippen LogP contribution in [-0.2, 0) is 0 Å². The van der Waals surface area contributed by atoms with Crippen LogP contribution in [0.2, 0.25) is 0 Å². The van der Waals surface area contributed by atoms with E-state index in [0.29, 0.717) is 0 Å². The van der Waals surface area contributed by atoms with E-state index in [9.17, 15) is 0 Å². The van der Waals surface area contributed by atoms with Gasteiger partial charge in [0.15, 0.2) is 5.96 Å². The van der Waals surface area contributed by atoms with E-state index >= 15 is 0 Å². The molecule has 0 unspecified atom stereocenters. The Bertz CT molecular complexity index is 230. The molecule has 19 heavy (non-hydrogen) atoms. The first kappa shape index (κ1) is 19.0. The Kier molecular flexibility index (Phi) is 11.7. The first-order chi connectivity index (χ1) is 8.80. The number of piperidine rings is 1. The van der Waals surface area contributed by atoms with Crippen molar-refractivity contribution in [3.63, 3.8) is 0 Å². The van der Waals surface area contributed by atoms with E-state index in [2.05, 4.69) is 41.3 Å². The van der Waals surface area contributed by atoms with Crippen LogP contribution in [-0.4, -0.2) is 50.1 Å². The molecule has 0 aromatic rings. The van der Waals surface area contributed by atoms with E-state index in [0.717, 1.165) is 31.5 Å². The molecule has 1 aliphatic rings. The molecule has 114 valence electrons. The van der Waals surface area contributed by atoms with Crippen LogP contribution in [0, 0.1) is 5.92 Å². The van der Waals surface area contributed by atoms with Crippen LogP contribution in [0.4, 0.5) is 0 Å². The first-order valence-electron chi connectivity index (χ1n) is 7.54. The highest BCUT2D eigenvalue weighted by Crippen LogP contribution is 2.17. The third kappa shape index (κ3) is 7.97. The summed E-state index contributed by atoms with van der Waals surface area (Å²) in [6.45, 7) is 13.1.